The van der Waals surface area contributed by atoms with E-state index >= 15 is 0 Å². The summed E-state index contributed by atoms with van der Waals surface area (Å²) in [5.41, 5.74) is 0. The van der Waals surface area contributed by atoms with Crippen LogP contribution in [-0.2, 0) is 6.42 Å². The van der Waals surface area contributed by atoms with Crippen LogP contribution in [0.1, 0.15) is 4.88 Å². The Morgan fingerprint density at radius 1 is 1.50 bits per heavy atom. The molecule has 0 saturated carbocycles. The first-order valence-electron chi connectivity index (χ1n) is 3.95. The summed E-state index contributed by atoms with van der Waals surface area (Å²) in [5.74, 6) is 1.07. The number of rotatable bonds is 4. The highest BCUT2D eigenvalue weighted by molar-refractivity contribution is 7.09. The molecule has 0 atom stereocenters. The summed E-state index contributed by atoms with van der Waals surface area (Å²) >= 11 is 1.79. The molecule has 0 radical (unpaired) electrons. The Labute approximate surface area is 77.3 Å². The molecule has 0 fully saturated rings. The van der Waals surface area contributed by atoms with Crippen molar-refractivity contribution in [2.45, 2.75) is 6.42 Å². The summed E-state index contributed by atoms with van der Waals surface area (Å²) in [5, 5.41) is 8.24. The van der Waals surface area contributed by atoms with Gasteiger partial charge in [0, 0.05) is 25.4 Å². The van der Waals surface area contributed by atoms with Gasteiger partial charge in [0.2, 0.25) is 0 Å². The number of thiophene rings is 1. The van der Waals surface area contributed by atoms with Gasteiger partial charge in [0.15, 0.2) is 0 Å². The molecule has 1 aromatic rings. The van der Waals surface area contributed by atoms with Crippen LogP contribution in [0.15, 0.2) is 29.4 Å². The Morgan fingerprint density at radius 2 is 2.25 bits per heavy atom. The largest absolute Gasteiger partial charge is 0.375 e. The fourth-order valence-corrected chi connectivity index (χ4v) is 1.63. The lowest BCUT2D eigenvalue weighted by Gasteiger charge is -2.03. The van der Waals surface area contributed by atoms with Crippen LogP contribution in [0.5, 0.6) is 0 Å². The molecule has 0 aromatic carbocycles. The van der Waals surface area contributed by atoms with E-state index in [1.165, 1.54) is 4.88 Å². The summed E-state index contributed by atoms with van der Waals surface area (Å²) in [4.78, 5) is 1.39. The van der Waals surface area contributed by atoms with E-state index in [0.29, 0.717) is 0 Å². The number of nitrogens with one attached hydrogen (secondary N) is 2. The second kappa shape index (κ2) is 4.83. The third-order valence-electron chi connectivity index (χ3n) is 1.63. The van der Waals surface area contributed by atoms with Gasteiger partial charge in [-0.15, -0.1) is 11.3 Å². The first kappa shape index (κ1) is 9.13. The van der Waals surface area contributed by atoms with Crippen LogP contribution in [0.3, 0.4) is 0 Å². The van der Waals surface area contributed by atoms with Crippen LogP contribution in [0.25, 0.3) is 0 Å². The molecule has 0 amide bonds. The maximum Gasteiger partial charge on any atom is 0.0943 e. The van der Waals surface area contributed by atoms with Crippen LogP contribution in [0, 0.1) is 0 Å². The van der Waals surface area contributed by atoms with Gasteiger partial charge < -0.3 is 10.6 Å². The predicted octanol–water partition coefficient (Wildman–Crippen LogP) is 1.57. The highest BCUT2D eigenvalue weighted by Crippen LogP contribution is 2.09. The van der Waals surface area contributed by atoms with Gasteiger partial charge in [-0.25, -0.2) is 0 Å². The van der Waals surface area contributed by atoms with Crippen molar-refractivity contribution in [3.05, 3.63) is 34.3 Å². The molecular weight excluding hydrogens is 168 g/mol. The monoisotopic (exact) mass is 182 g/mol. The third kappa shape index (κ3) is 2.58. The minimum absolute atomic E-state index is 0.995. The zero-order valence-corrected chi connectivity index (χ0v) is 8.24. The Hall–Kier alpha value is -0.960. The van der Waals surface area contributed by atoms with Crippen molar-refractivity contribution in [3.63, 3.8) is 0 Å². The van der Waals surface area contributed by atoms with Gasteiger partial charge in [0.25, 0.3) is 0 Å². The fraction of sp³-hybridized carbons (Fsp3) is 0.333. The van der Waals surface area contributed by atoms with Crippen molar-refractivity contribution in [1.82, 2.24) is 10.6 Å². The molecule has 12 heavy (non-hydrogen) atoms. The van der Waals surface area contributed by atoms with Crippen molar-refractivity contribution in [2.24, 2.45) is 0 Å². The topological polar surface area (TPSA) is 24.1 Å². The maximum atomic E-state index is 3.07. The van der Waals surface area contributed by atoms with Gasteiger partial charge >= 0.3 is 0 Å². The minimum Gasteiger partial charge on any atom is -0.375 e. The van der Waals surface area contributed by atoms with Crippen molar-refractivity contribution < 1.29 is 0 Å². The van der Waals surface area contributed by atoms with Crippen LogP contribution in [-0.4, -0.2) is 14.1 Å². The first-order chi connectivity index (χ1) is 5.86. The SMILES string of the molecule is CNC(=CCc1cccs1)NC. The van der Waals surface area contributed by atoms with Crippen LogP contribution < -0.4 is 10.6 Å². The smallest absolute Gasteiger partial charge is 0.0943 e. The van der Waals surface area contributed by atoms with Gasteiger partial charge in [-0.1, -0.05) is 6.07 Å². The summed E-state index contributed by atoms with van der Waals surface area (Å²) in [6.45, 7) is 0. The molecule has 0 aliphatic carbocycles. The molecule has 0 aliphatic heterocycles. The van der Waals surface area contributed by atoms with Crippen LogP contribution >= 0.6 is 11.3 Å². The highest BCUT2D eigenvalue weighted by atomic mass is 32.1. The Bertz CT molecular complexity index is 233. The molecule has 3 heteroatoms. The van der Waals surface area contributed by atoms with Crippen molar-refractivity contribution >= 4 is 11.3 Å². The molecule has 0 bridgehead atoms. The Morgan fingerprint density at radius 3 is 2.75 bits per heavy atom. The van der Waals surface area contributed by atoms with Crippen molar-refractivity contribution in [3.8, 4) is 0 Å². The lowest BCUT2D eigenvalue weighted by atomic mass is 10.3. The lowest BCUT2D eigenvalue weighted by molar-refractivity contribution is 0.828. The highest BCUT2D eigenvalue weighted by Gasteiger charge is 1.91. The summed E-state index contributed by atoms with van der Waals surface area (Å²) < 4.78 is 0. The lowest BCUT2D eigenvalue weighted by Crippen LogP contribution is -2.19. The van der Waals surface area contributed by atoms with E-state index in [2.05, 4.69) is 34.2 Å². The number of hydrogen-bond acceptors (Lipinski definition) is 3. The zero-order chi connectivity index (χ0) is 8.81. The molecule has 0 spiro atoms. The molecule has 0 saturated heterocycles. The van der Waals surface area contributed by atoms with Gasteiger partial charge in [0.1, 0.15) is 0 Å². The van der Waals surface area contributed by atoms with Gasteiger partial charge in [0.05, 0.1) is 5.82 Å². The van der Waals surface area contributed by atoms with Gasteiger partial charge in [-0.05, 0) is 17.5 Å². The van der Waals surface area contributed by atoms with Gasteiger partial charge in [-0.2, -0.15) is 0 Å². The van der Waals surface area contributed by atoms with E-state index in [9.17, 15) is 0 Å². The van der Waals surface area contributed by atoms with E-state index in [0.717, 1.165) is 12.2 Å². The van der Waals surface area contributed by atoms with Crippen LogP contribution in [0.2, 0.25) is 0 Å². The van der Waals surface area contributed by atoms with Gasteiger partial charge in [-0.3, -0.25) is 0 Å². The van der Waals surface area contributed by atoms with Crippen LogP contribution in [0.4, 0.5) is 0 Å². The molecule has 0 unspecified atom stereocenters. The maximum absolute atomic E-state index is 3.07. The summed E-state index contributed by atoms with van der Waals surface area (Å²) in [6.07, 6.45) is 3.14. The third-order valence-corrected chi connectivity index (χ3v) is 2.52. The molecule has 0 aliphatic rings. The zero-order valence-electron chi connectivity index (χ0n) is 7.42. The molecule has 66 valence electrons. The van der Waals surface area contributed by atoms with Crippen molar-refractivity contribution in [2.75, 3.05) is 14.1 Å². The van der Waals surface area contributed by atoms with E-state index in [-0.39, 0.29) is 0 Å². The normalized spacial score (nSPS) is 9.17. The summed E-state index contributed by atoms with van der Waals surface area (Å²) in [7, 11) is 3.83. The van der Waals surface area contributed by atoms with E-state index in [4.69, 9.17) is 0 Å². The molecule has 2 N–H and O–H groups in total. The van der Waals surface area contributed by atoms with E-state index < -0.39 is 0 Å². The second-order valence-electron chi connectivity index (χ2n) is 2.40. The molecule has 1 heterocycles. The number of hydrogen-bond donors (Lipinski definition) is 2. The fourth-order valence-electron chi connectivity index (χ4n) is 0.961. The number of allylic oxidation sites excluding steroid dienone is 1. The molecular formula is C9H14N2S. The predicted molar refractivity (Wildman–Crippen MR) is 54.2 cm³/mol. The molecule has 1 rings (SSSR count). The van der Waals surface area contributed by atoms with E-state index in [1.54, 1.807) is 11.3 Å². The Kier molecular flexibility index (Phi) is 3.67. The molecule has 2 nitrogen and oxygen atoms in total. The summed E-state index contributed by atoms with van der Waals surface area (Å²) in [6, 6.07) is 4.22. The Balaban J connectivity index is 2.47. The minimum atomic E-state index is 0.995. The van der Waals surface area contributed by atoms with E-state index in [1.807, 2.05) is 14.1 Å². The van der Waals surface area contributed by atoms with Crippen molar-refractivity contribution in [1.29, 1.82) is 0 Å². The first-order valence-corrected chi connectivity index (χ1v) is 4.83. The molecule has 1 aromatic heterocycles. The second-order valence-corrected chi connectivity index (χ2v) is 3.43. The standard InChI is InChI=1S/C9H14N2S/c1-10-9(11-2)6-5-8-4-3-7-12-8/h3-4,6-7,10-11H,5H2,1-2H3. The average molecular weight is 182 g/mol. The average Bonchev–Trinajstić information content (AvgIpc) is 2.59. The quantitative estimate of drug-likeness (QED) is 0.738.